The summed E-state index contributed by atoms with van der Waals surface area (Å²) in [5.41, 5.74) is 0.467. The van der Waals surface area contributed by atoms with Gasteiger partial charge >= 0.3 is 5.97 Å². The number of rotatable bonds is 9. The van der Waals surface area contributed by atoms with Crippen molar-refractivity contribution >= 4 is 22.6 Å². The van der Waals surface area contributed by atoms with Gasteiger partial charge in [-0.3, -0.25) is 0 Å². The maximum Gasteiger partial charge on any atom is 0.337 e. The minimum Gasteiger partial charge on any atom is -0.491 e. The molecule has 1 unspecified atom stereocenters. The van der Waals surface area contributed by atoms with Crippen LogP contribution >= 0.6 is 0 Å². The molecule has 7 heteroatoms. The highest BCUT2D eigenvalue weighted by atomic mass is 28.4. The van der Waals surface area contributed by atoms with Crippen molar-refractivity contribution in [3.8, 4) is 5.75 Å². The molecular weight excluding hydrogens is 412 g/mol. The molecular formula is C23H42O5Si2. The topological polar surface area (TPSA) is 54.0 Å². The molecule has 0 bridgehead atoms. The fourth-order valence-electron chi connectivity index (χ4n) is 2.25. The van der Waals surface area contributed by atoms with Gasteiger partial charge in [0.15, 0.2) is 16.6 Å². The minimum atomic E-state index is -2.00. The van der Waals surface area contributed by atoms with Crippen LogP contribution in [0.2, 0.25) is 36.3 Å². The van der Waals surface area contributed by atoms with Crippen molar-refractivity contribution in [2.75, 3.05) is 20.3 Å². The molecule has 30 heavy (non-hydrogen) atoms. The molecule has 0 radical (unpaired) electrons. The van der Waals surface area contributed by atoms with Crippen molar-refractivity contribution in [2.24, 2.45) is 0 Å². The van der Waals surface area contributed by atoms with E-state index < -0.39 is 16.6 Å². The van der Waals surface area contributed by atoms with Crippen LogP contribution in [0.5, 0.6) is 5.75 Å². The van der Waals surface area contributed by atoms with Crippen molar-refractivity contribution in [2.45, 2.75) is 83.9 Å². The summed E-state index contributed by atoms with van der Waals surface area (Å²) in [5, 5.41) is 0.219. The van der Waals surface area contributed by atoms with E-state index in [0.717, 1.165) is 0 Å². The maximum absolute atomic E-state index is 11.8. The first-order valence-corrected chi connectivity index (χ1v) is 16.4. The summed E-state index contributed by atoms with van der Waals surface area (Å²) in [6.45, 7) is 23.2. The van der Waals surface area contributed by atoms with Crippen LogP contribution in [0.3, 0.4) is 0 Å². The zero-order chi connectivity index (χ0) is 23.4. The van der Waals surface area contributed by atoms with Crippen LogP contribution in [-0.2, 0) is 13.6 Å². The molecule has 0 saturated carbocycles. The van der Waals surface area contributed by atoms with E-state index in [1.807, 2.05) is 6.07 Å². The van der Waals surface area contributed by atoms with E-state index in [9.17, 15) is 4.79 Å². The first-order chi connectivity index (χ1) is 13.5. The number of carbonyl (C=O) groups is 1. The second-order valence-corrected chi connectivity index (χ2v) is 20.5. The van der Waals surface area contributed by atoms with Crippen LogP contribution in [-0.4, -0.2) is 49.0 Å². The van der Waals surface area contributed by atoms with Crippen LogP contribution in [0.15, 0.2) is 24.3 Å². The van der Waals surface area contributed by atoms with Crippen molar-refractivity contribution in [1.82, 2.24) is 0 Å². The first-order valence-electron chi connectivity index (χ1n) is 10.6. The molecule has 1 rings (SSSR count). The maximum atomic E-state index is 11.8. The number of benzene rings is 1. The number of ether oxygens (including phenoxy) is 2. The van der Waals surface area contributed by atoms with E-state index in [1.54, 1.807) is 18.2 Å². The van der Waals surface area contributed by atoms with E-state index in [2.05, 4.69) is 67.7 Å². The second kappa shape index (κ2) is 9.98. The summed E-state index contributed by atoms with van der Waals surface area (Å²) >= 11 is 0. The van der Waals surface area contributed by atoms with Crippen LogP contribution in [0.4, 0.5) is 0 Å². The molecule has 0 N–H and O–H groups in total. The molecule has 0 spiro atoms. The zero-order valence-corrected chi connectivity index (χ0v) is 22.8. The Morgan fingerprint density at radius 1 is 0.933 bits per heavy atom. The van der Waals surface area contributed by atoms with Crippen molar-refractivity contribution in [1.29, 1.82) is 0 Å². The summed E-state index contributed by atoms with van der Waals surface area (Å²) in [5.74, 6) is 0.241. The molecule has 0 aliphatic heterocycles. The lowest BCUT2D eigenvalue weighted by Crippen LogP contribution is -2.49. The SMILES string of the molecule is COC(=O)c1cccc(OCC(CO[Si](C)(C)C(C)(C)C)O[Si](C)(C)C(C)(C)C)c1. The lowest BCUT2D eigenvalue weighted by atomic mass is 10.2. The minimum absolute atomic E-state index is 0.0903. The van der Waals surface area contributed by atoms with Gasteiger partial charge in [0.2, 0.25) is 0 Å². The average Bonchev–Trinajstić information content (AvgIpc) is 2.61. The first kappa shape index (κ1) is 26.9. The van der Waals surface area contributed by atoms with E-state index in [-0.39, 0.29) is 22.1 Å². The normalized spacial score (nSPS) is 14.4. The second-order valence-electron chi connectivity index (χ2n) is 10.9. The van der Waals surface area contributed by atoms with Gasteiger partial charge in [-0.2, -0.15) is 0 Å². The number of carbonyl (C=O) groups excluding carboxylic acids is 1. The summed E-state index contributed by atoms with van der Waals surface area (Å²) < 4.78 is 24.0. The van der Waals surface area contributed by atoms with Crippen LogP contribution in [0.25, 0.3) is 0 Å². The van der Waals surface area contributed by atoms with Gasteiger partial charge in [-0.15, -0.1) is 0 Å². The molecule has 0 aliphatic rings. The van der Waals surface area contributed by atoms with Gasteiger partial charge in [0.05, 0.1) is 19.3 Å². The van der Waals surface area contributed by atoms with E-state index in [0.29, 0.717) is 24.5 Å². The predicted octanol–water partition coefficient (Wildman–Crippen LogP) is 6.26. The molecule has 0 aromatic heterocycles. The fraction of sp³-hybridized carbons (Fsp3) is 0.696. The van der Waals surface area contributed by atoms with E-state index in [1.165, 1.54) is 7.11 Å². The Morgan fingerprint density at radius 2 is 1.50 bits per heavy atom. The third-order valence-corrected chi connectivity index (χ3v) is 15.4. The Bertz CT molecular complexity index is 702. The third kappa shape index (κ3) is 7.52. The lowest BCUT2D eigenvalue weighted by Gasteiger charge is -2.41. The largest absolute Gasteiger partial charge is 0.491 e. The van der Waals surface area contributed by atoms with Crippen LogP contribution < -0.4 is 4.74 Å². The molecule has 172 valence electrons. The molecule has 0 aliphatic carbocycles. The third-order valence-electron chi connectivity index (χ3n) is 6.39. The molecule has 1 atom stereocenters. The highest BCUT2D eigenvalue weighted by Crippen LogP contribution is 2.39. The smallest absolute Gasteiger partial charge is 0.337 e. The Hall–Kier alpha value is -1.16. The summed E-state index contributed by atoms with van der Waals surface area (Å²) in [7, 11) is -2.54. The summed E-state index contributed by atoms with van der Waals surface area (Å²) in [6.07, 6.45) is -0.179. The van der Waals surface area contributed by atoms with Gasteiger partial charge in [-0.1, -0.05) is 47.6 Å². The quantitative estimate of drug-likeness (QED) is 0.325. The van der Waals surface area contributed by atoms with Crippen molar-refractivity contribution in [3.63, 3.8) is 0 Å². The molecule has 0 heterocycles. The van der Waals surface area contributed by atoms with Gasteiger partial charge < -0.3 is 18.3 Å². The van der Waals surface area contributed by atoms with E-state index in [4.69, 9.17) is 18.3 Å². The highest BCUT2D eigenvalue weighted by molar-refractivity contribution is 6.74. The summed E-state index contributed by atoms with van der Waals surface area (Å²) in [6, 6.07) is 7.04. The average molecular weight is 455 g/mol. The van der Waals surface area contributed by atoms with Gasteiger partial charge in [0.1, 0.15) is 18.5 Å². The number of hydrogen-bond acceptors (Lipinski definition) is 5. The number of esters is 1. The van der Waals surface area contributed by atoms with Crippen LogP contribution in [0.1, 0.15) is 51.9 Å². The van der Waals surface area contributed by atoms with Crippen molar-refractivity contribution < 1.29 is 23.1 Å². The lowest BCUT2D eigenvalue weighted by molar-refractivity contribution is 0.0596. The van der Waals surface area contributed by atoms with Crippen molar-refractivity contribution in [3.05, 3.63) is 29.8 Å². The summed E-state index contributed by atoms with van der Waals surface area (Å²) in [4.78, 5) is 11.8. The molecule has 5 nitrogen and oxygen atoms in total. The molecule has 0 amide bonds. The Labute approximate surface area is 185 Å². The number of methoxy groups -OCH3 is 1. The standard InChI is InChI=1S/C23H42O5Si2/c1-22(2,3)29(8,9)27-17-20(28-30(10,11)23(4,5)6)16-26-19-14-12-13-18(15-19)21(24)25-7/h12-15,20H,16-17H2,1-11H3. The molecule has 0 fully saturated rings. The van der Waals surface area contributed by atoms with Gasteiger partial charge in [-0.05, 0) is 54.5 Å². The fourth-order valence-corrected chi connectivity index (χ4v) is 4.61. The Kier molecular flexibility index (Phi) is 8.94. The highest BCUT2D eigenvalue weighted by Gasteiger charge is 2.41. The zero-order valence-electron chi connectivity index (χ0n) is 20.8. The Morgan fingerprint density at radius 3 is 2.00 bits per heavy atom. The van der Waals surface area contributed by atoms with Gasteiger partial charge in [0.25, 0.3) is 0 Å². The van der Waals surface area contributed by atoms with E-state index >= 15 is 0 Å². The Balaban J connectivity index is 2.97. The predicted molar refractivity (Wildman–Crippen MR) is 128 cm³/mol. The molecule has 0 saturated heterocycles. The molecule has 1 aromatic carbocycles. The van der Waals surface area contributed by atoms with Gasteiger partial charge in [-0.25, -0.2) is 4.79 Å². The number of hydrogen-bond donors (Lipinski definition) is 0. The molecule has 1 aromatic rings. The van der Waals surface area contributed by atoms with Gasteiger partial charge in [0, 0.05) is 0 Å². The monoisotopic (exact) mass is 454 g/mol. The van der Waals surface area contributed by atoms with Crippen LogP contribution in [0, 0.1) is 0 Å².